The van der Waals surface area contributed by atoms with Gasteiger partial charge in [0.05, 0.1) is 13.2 Å². The highest BCUT2D eigenvalue weighted by Crippen LogP contribution is 2.45. The normalized spacial score (nSPS) is 25.1. The van der Waals surface area contributed by atoms with Gasteiger partial charge >= 0.3 is 0 Å². The van der Waals surface area contributed by atoms with E-state index in [1.807, 2.05) is 12.1 Å². The minimum absolute atomic E-state index is 0.253. The van der Waals surface area contributed by atoms with E-state index in [1.165, 1.54) is 12.1 Å². The summed E-state index contributed by atoms with van der Waals surface area (Å²) in [6.07, 6.45) is -1.33. The molecule has 0 spiro atoms. The summed E-state index contributed by atoms with van der Waals surface area (Å²) in [6, 6.07) is 10.4. The number of ether oxygens (including phenoxy) is 2. The fraction of sp³-hybridized carbons (Fsp3) is 0.333. The zero-order valence-electron chi connectivity index (χ0n) is 12.4. The van der Waals surface area contributed by atoms with Crippen LogP contribution in [0.15, 0.2) is 36.4 Å². The molecule has 2 aliphatic rings. The summed E-state index contributed by atoms with van der Waals surface area (Å²) in [7, 11) is 0. The van der Waals surface area contributed by atoms with Crippen molar-refractivity contribution in [3.63, 3.8) is 0 Å². The zero-order chi connectivity index (χ0) is 16.0. The van der Waals surface area contributed by atoms with Crippen molar-refractivity contribution in [2.24, 2.45) is 0 Å². The molecular formula is C18H17FO4. The quantitative estimate of drug-likeness (QED) is 0.910. The Kier molecular flexibility index (Phi) is 3.56. The summed E-state index contributed by atoms with van der Waals surface area (Å²) >= 11 is 0. The minimum atomic E-state index is -0.864. The first-order chi connectivity index (χ1) is 11.2. The molecule has 2 heterocycles. The van der Waals surface area contributed by atoms with Crippen molar-refractivity contribution in [1.29, 1.82) is 0 Å². The molecule has 23 heavy (non-hydrogen) atoms. The van der Waals surface area contributed by atoms with Crippen LogP contribution in [0.5, 0.6) is 5.75 Å². The lowest BCUT2D eigenvalue weighted by molar-refractivity contribution is -0.103. The fourth-order valence-corrected chi connectivity index (χ4v) is 3.33. The molecule has 2 aliphatic heterocycles. The van der Waals surface area contributed by atoms with Crippen LogP contribution in [0, 0.1) is 5.82 Å². The molecule has 0 bridgehead atoms. The van der Waals surface area contributed by atoms with Gasteiger partial charge in [0.25, 0.3) is 0 Å². The standard InChI is InChI=1S/C18H17FO4/c19-13-3-1-10(2-4-13)5-11-6-12-9-22-18-16(12)14(7-11)23-15(8-20)17(18)21/h1-4,6-7,15,17-18,20-21H,5,8-9H2/t15-,17+,18-/m1/s1. The molecular weight excluding hydrogens is 299 g/mol. The van der Waals surface area contributed by atoms with Gasteiger partial charge < -0.3 is 19.7 Å². The zero-order valence-corrected chi connectivity index (χ0v) is 12.4. The lowest BCUT2D eigenvalue weighted by Crippen LogP contribution is -2.42. The highest BCUT2D eigenvalue weighted by Gasteiger charge is 2.42. The molecule has 0 amide bonds. The van der Waals surface area contributed by atoms with Crippen LogP contribution in [0.4, 0.5) is 4.39 Å². The van der Waals surface area contributed by atoms with Crippen molar-refractivity contribution in [3.8, 4) is 5.75 Å². The molecule has 0 aliphatic carbocycles. The molecule has 0 saturated carbocycles. The van der Waals surface area contributed by atoms with E-state index in [-0.39, 0.29) is 12.4 Å². The second-order valence-corrected chi connectivity index (χ2v) is 6.03. The first kappa shape index (κ1) is 14.6. The van der Waals surface area contributed by atoms with Crippen molar-refractivity contribution in [1.82, 2.24) is 0 Å². The molecule has 5 heteroatoms. The highest BCUT2D eigenvalue weighted by molar-refractivity contribution is 5.50. The highest BCUT2D eigenvalue weighted by atomic mass is 19.1. The van der Waals surface area contributed by atoms with E-state index in [0.29, 0.717) is 18.8 Å². The van der Waals surface area contributed by atoms with Gasteiger partial charge in [-0.1, -0.05) is 18.2 Å². The first-order valence-electron chi connectivity index (χ1n) is 7.63. The second-order valence-electron chi connectivity index (χ2n) is 6.03. The predicted octanol–water partition coefficient (Wildman–Crippen LogP) is 2.10. The Morgan fingerprint density at radius 2 is 1.91 bits per heavy atom. The number of hydrogen-bond donors (Lipinski definition) is 2. The molecule has 2 aromatic rings. The third kappa shape index (κ3) is 2.51. The molecule has 0 saturated heterocycles. The average molecular weight is 316 g/mol. The van der Waals surface area contributed by atoms with Crippen LogP contribution >= 0.6 is 0 Å². The van der Waals surface area contributed by atoms with E-state index in [1.54, 1.807) is 12.1 Å². The summed E-state index contributed by atoms with van der Waals surface area (Å²) in [5.41, 5.74) is 3.91. The van der Waals surface area contributed by atoms with Gasteiger partial charge in [0, 0.05) is 5.56 Å². The molecule has 4 rings (SSSR count). The molecule has 2 aromatic carbocycles. The molecule has 120 valence electrons. The summed E-state index contributed by atoms with van der Waals surface area (Å²) in [5, 5.41) is 19.6. The molecule has 0 fully saturated rings. The van der Waals surface area contributed by atoms with E-state index >= 15 is 0 Å². The van der Waals surface area contributed by atoms with Gasteiger partial charge in [0.15, 0.2) is 6.10 Å². The molecule has 0 radical (unpaired) electrons. The van der Waals surface area contributed by atoms with E-state index in [4.69, 9.17) is 9.47 Å². The first-order valence-corrected chi connectivity index (χ1v) is 7.63. The van der Waals surface area contributed by atoms with Crippen molar-refractivity contribution in [2.75, 3.05) is 6.61 Å². The third-order valence-corrected chi connectivity index (χ3v) is 4.46. The van der Waals surface area contributed by atoms with Crippen LogP contribution in [0.3, 0.4) is 0 Å². The number of hydrogen-bond acceptors (Lipinski definition) is 4. The van der Waals surface area contributed by atoms with E-state index in [9.17, 15) is 14.6 Å². The SMILES string of the molecule is OC[C@H]1Oc2cc(Cc3ccc(F)cc3)cc3c2[C@@H](OC3)[C@H]1O. The lowest BCUT2D eigenvalue weighted by atomic mass is 9.92. The fourth-order valence-electron chi connectivity index (χ4n) is 3.33. The maximum absolute atomic E-state index is 13.0. The summed E-state index contributed by atoms with van der Waals surface area (Å²) in [6.45, 7) is 0.154. The minimum Gasteiger partial charge on any atom is -0.485 e. The van der Waals surface area contributed by atoms with Gasteiger partial charge in [0.1, 0.15) is 23.8 Å². The topological polar surface area (TPSA) is 58.9 Å². The Labute approximate surface area is 133 Å². The van der Waals surface area contributed by atoms with Gasteiger partial charge in [-0.3, -0.25) is 0 Å². The smallest absolute Gasteiger partial charge is 0.150 e. The number of aliphatic hydroxyl groups is 2. The maximum atomic E-state index is 13.0. The Balaban J connectivity index is 1.68. The predicted molar refractivity (Wildman–Crippen MR) is 80.7 cm³/mol. The summed E-state index contributed by atoms with van der Waals surface area (Å²) in [4.78, 5) is 0. The van der Waals surface area contributed by atoms with Crippen LogP contribution in [-0.2, 0) is 17.8 Å². The Hall–Kier alpha value is -1.95. The van der Waals surface area contributed by atoms with Crippen molar-refractivity contribution in [2.45, 2.75) is 31.3 Å². The van der Waals surface area contributed by atoms with Gasteiger partial charge in [-0.05, 0) is 41.3 Å². The maximum Gasteiger partial charge on any atom is 0.150 e. The van der Waals surface area contributed by atoms with E-state index in [0.717, 1.165) is 22.3 Å². The van der Waals surface area contributed by atoms with Crippen LogP contribution in [0.2, 0.25) is 0 Å². The van der Waals surface area contributed by atoms with E-state index in [2.05, 4.69) is 0 Å². The third-order valence-electron chi connectivity index (χ3n) is 4.46. The molecule has 4 nitrogen and oxygen atoms in total. The van der Waals surface area contributed by atoms with Gasteiger partial charge in [-0.25, -0.2) is 4.39 Å². The molecule has 3 atom stereocenters. The largest absolute Gasteiger partial charge is 0.485 e. The Morgan fingerprint density at radius 1 is 1.13 bits per heavy atom. The number of rotatable bonds is 3. The Bertz CT molecular complexity index is 729. The van der Waals surface area contributed by atoms with Crippen molar-refractivity contribution in [3.05, 3.63) is 64.5 Å². The number of halogens is 1. The molecule has 0 aromatic heterocycles. The lowest BCUT2D eigenvalue weighted by Gasteiger charge is -2.33. The number of aliphatic hydroxyl groups excluding tert-OH is 2. The van der Waals surface area contributed by atoms with E-state index < -0.39 is 18.3 Å². The molecule has 0 unspecified atom stereocenters. The van der Waals surface area contributed by atoms with Gasteiger partial charge in [-0.2, -0.15) is 0 Å². The second kappa shape index (κ2) is 5.60. The van der Waals surface area contributed by atoms with Gasteiger partial charge in [0.2, 0.25) is 0 Å². The number of benzene rings is 2. The van der Waals surface area contributed by atoms with Crippen LogP contribution in [0.1, 0.15) is 28.4 Å². The van der Waals surface area contributed by atoms with Crippen LogP contribution in [-0.4, -0.2) is 29.0 Å². The average Bonchev–Trinajstić information content (AvgIpc) is 2.98. The monoisotopic (exact) mass is 316 g/mol. The van der Waals surface area contributed by atoms with Crippen LogP contribution < -0.4 is 4.74 Å². The van der Waals surface area contributed by atoms with Crippen LogP contribution in [0.25, 0.3) is 0 Å². The summed E-state index contributed by atoms with van der Waals surface area (Å²) in [5.74, 6) is 0.406. The van der Waals surface area contributed by atoms with Gasteiger partial charge in [-0.15, -0.1) is 0 Å². The Morgan fingerprint density at radius 3 is 2.65 bits per heavy atom. The summed E-state index contributed by atoms with van der Waals surface area (Å²) < 4.78 is 24.4. The molecule has 2 N–H and O–H groups in total. The van der Waals surface area contributed by atoms with Crippen molar-refractivity contribution < 1.29 is 24.1 Å². The van der Waals surface area contributed by atoms with Crippen molar-refractivity contribution >= 4 is 0 Å².